The van der Waals surface area contributed by atoms with E-state index in [0.29, 0.717) is 0 Å². The maximum Gasteiger partial charge on any atom is 0.227 e. The topological polar surface area (TPSA) is 20.3 Å². The third-order valence-electron chi connectivity index (χ3n) is 1.58. The monoisotopic (exact) mass is 287 g/mol. The first-order valence-corrected chi connectivity index (χ1v) is 5.12. The summed E-state index contributed by atoms with van der Waals surface area (Å²) in [5, 5.41) is 0. The van der Waals surface area contributed by atoms with Crippen molar-refractivity contribution in [3.05, 3.63) is 40.6 Å². The van der Waals surface area contributed by atoms with E-state index < -0.39 is 0 Å². The van der Waals surface area contributed by atoms with Crippen LogP contribution in [0.3, 0.4) is 0 Å². The number of halogens is 1. The fourth-order valence-corrected chi connectivity index (χ4v) is 1.34. The number of benzene rings is 1. The Morgan fingerprint density at radius 3 is 2.46 bits per heavy atom. The Balaban J connectivity index is 2.96. The molecule has 1 aromatic carbocycles. The molecule has 0 saturated heterocycles. The molecule has 1 aromatic rings. The lowest BCUT2D eigenvalue weighted by Gasteiger charge is -2.15. The van der Waals surface area contributed by atoms with Crippen LogP contribution in [0.25, 0.3) is 0 Å². The minimum Gasteiger partial charge on any atom is -0.288 e. The van der Waals surface area contributed by atoms with Crippen molar-refractivity contribution in [3.8, 4) is 0 Å². The summed E-state index contributed by atoms with van der Waals surface area (Å²) in [6, 6.07) is 9.55. The number of nitrogens with zero attached hydrogens (tertiary/aromatic N) is 1. The molecule has 68 valence electrons. The van der Waals surface area contributed by atoms with Crippen molar-refractivity contribution in [2.24, 2.45) is 0 Å². The van der Waals surface area contributed by atoms with Gasteiger partial charge in [0.25, 0.3) is 0 Å². The van der Waals surface area contributed by atoms with Crippen molar-refractivity contribution in [2.75, 3.05) is 4.90 Å². The van der Waals surface area contributed by atoms with Crippen LogP contribution in [0.1, 0.15) is 6.92 Å². The van der Waals surface area contributed by atoms with Crippen LogP contribution >= 0.6 is 22.6 Å². The Morgan fingerprint density at radius 1 is 1.38 bits per heavy atom. The van der Waals surface area contributed by atoms with E-state index in [1.165, 1.54) is 0 Å². The van der Waals surface area contributed by atoms with Gasteiger partial charge in [-0.15, -0.1) is 0 Å². The standard InChI is InChI=1S/C10H10INO/c1-9(13)12(8-7-11)10-5-3-2-4-6-10/h2-8H,1H3/b8-7+. The Kier molecular flexibility index (Phi) is 3.95. The number of anilines is 1. The van der Waals surface area contributed by atoms with Crippen molar-refractivity contribution < 1.29 is 4.79 Å². The van der Waals surface area contributed by atoms with Gasteiger partial charge < -0.3 is 0 Å². The molecule has 0 N–H and O–H groups in total. The normalized spacial score (nSPS) is 10.3. The minimum absolute atomic E-state index is 0.0131. The molecule has 0 bridgehead atoms. The molecule has 3 heteroatoms. The second-order valence-electron chi connectivity index (χ2n) is 2.50. The van der Waals surface area contributed by atoms with Crippen molar-refractivity contribution in [2.45, 2.75) is 6.92 Å². The second-order valence-corrected chi connectivity index (χ2v) is 3.22. The van der Waals surface area contributed by atoms with Gasteiger partial charge in [0, 0.05) is 18.8 Å². The van der Waals surface area contributed by atoms with Gasteiger partial charge in [-0.05, 0) is 16.2 Å². The molecule has 0 aliphatic carbocycles. The van der Waals surface area contributed by atoms with Crippen molar-refractivity contribution in [3.63, 3.8) is 0 Å². The zero-order valence-electron chi connectivity index (χ0n) is 7.27. The van der Waals surface area contributed by atoms with Crippen LogP contribution in [-0.2, 0) is 4.79 Å². The lowest BCUT2D eigenvalue weighted by atomic mass is 10.3. The average Bonchev–Trinajstić information content (AvgIpc) is 2.15. The largest absolute Gasteiger partial charge is 0.288 e. The van der Waals surface area contributed by atoms with Crippen LogP contribution in [0.4, 0.5) is 5.69 Å². The Bertz CT molecular complexity index is 308. The summed E-state index contributed by atoms with van der Waals surface area (Å²) < 4.78 is 1.81. The summed E-state index contributed by atoms with van der Waals surface area (Å²) in [6.45, 7) is 1.55. The molecule has 0 atom stereocenters. The Hall–Kier alpha value is -0.840. The molecular weight excluding hydrogens is 277 g/mol. The van der Waals surface area contributed by atoms with Gasteiger partial charge in [0.05, 0.1) is 0 Å². The first-order chi connectivity index (χ1) is 6.25. The molecule has 0 aliphatic heterocycles. The molecule has 0 spiro atoms. The highest BCUT2D eigenvalue weighted by Gasteiger charge is 2.05. The van der Waals surface area contributed by atoms with Crippen LogP contribution < -0.4 is 4.90 Å². The first kappa shape index (κ1) is 10.2. The predicted molar refractivity (Wildman–Crippen MR) is 62.8 cm³/mol. The van der Waals surface area contributed by atoms with Crippen molar-refractivity contribution >= 4 is 34.2 Å². The molecule has 0 aliphatic rings. The van der Waals surface area contributed by atoms with Crippen LogP contribution in [0.15, 0.2) is 40.6 Å². The summed E-state index contributed by atoms with van der Waals surface area (Å²) in [5.41, 5.74) is 0.892. The van der Waals surface area contributed by atoms with Crippen molar-refractivity contribution in [1.82, 2.24) is 0 Å². The Labute approximate surface area is 91.4 Å². The van der Waals surface area contributed by atoms with Gasteiger partial charge >= 0.3 is 0 Å². The molecule has 1 amide bonds. The molecule has 1 rings (SSSR count). The molecule has 13 heavy (non-hydrogen) atoms. The lowest BCUT2D eigenvalue weighted by Crippen LogP contribution is -2.21. The smallest absolute Gasteiger partial charge is 0.227 e. The fourth-order valence-electron chi connectivity index (χ4n) is 1.02. The molecule has 0 radical (unpaired) electrons. The summed E-state index contributed by atoms with van der Waals surface area (Å²) in [4.78, 5) is 12.8. The van der Waals surface area contributed by atoms with Crippen LogP contribution in [0.2, 0.25) is 0 Å². The number of para-hydroxylation sites is 1. The summed E-state index contributed by atoms with van der Waals surface area (Å²) in [6.07, 6.45) is 1.75. The summed E-state index contributed by atoms with van der Waals surface area (Å²) in [7, 11) is 0. The number of rotatable bonds is 2. The Morgan fingerprint density at radius 2 is 2.00 bits per heavy atom. The van der Waals surface area contributed by atoms with E-state index in [9.17, 15) is 4.79 Å². The van der Waals surface area contributed by atoms with Gasteiger partial charge in [-0.2, -0.15) is 0 Å². The fraction of sp³-hybridized carbons (Fsp3) is 0.100. The predicted octanol–water partition coefficient (Wildman–Crippen LogP) is 2.95. The SMILES string of the molecule is CC(=O)N(/C=C/I)c1ccccc1. The van der Waals surface area contributed by atoms with E-state index in [1.54, 1.807) is 18.0 Å². The van der Waals surface area contributed by atoms with Gasteiger partial charge in [-0.3, -0.25) is 9.69 Å². The molecule has 0 fully saturated rings. The molecule has 0 unspecified atom stereocenters. The van der Waals surface area contributed by atoms with Crippen LogP contribution in [0, 0.1) is 0 Å². The highest BCUT2D eigenvalue weighted by molar-refractivity contribution is 14.1. The number of carbonyl (C=O) groups is 1. The van der Waals surface area contributed by atoms with E-state index in [-0.39, 0.29) is 5.91 Å². The second kappa shape index (κ2) is 5.01. The van der Waals surface area contributed by atoms with Crippen molar-refractivity contribution in [1.29, 1.82) is 0 Å². The quantitative estimate of drug-likeness (QED) is 0.766. The van der Waals surface area contributed by atoms with E-state index in [4.69, 9.17) is 0 Å². The van der Waals surface area contributed by atoms with Gasteiger partial charge in [0.1, 0.15) is 0 Å². The minimum atomic E-state index is 0.0131. The molecule has 0 saturated carbocycles. The molecule has 2 nitrogen and oxygen atoms in total. The van der Waals surface area contributed by atoms with E-state index in [1.807, 2.05) is 34.4 Å². The number of hydrogen-bond acceptors (Lipinski definition) is 1. The molecular formula is C10H10INO. The van der Waals surface area contributed by atoms with E-state index in [0.717, 1.165) is 5.69 Å². The van der Waals surface area contributed by atoms with Gasteiger partial charge in [0.15, 0.2) is 0 Å². The zero-order valence-corrected chi connectivity index (χ0v) is 9.43. The van der Waals surface area contributed by atoms with Crippen LogP contribution in [-0.4, -0.2) is 5.91 Å². The van der Waals surface area contributed by atoms with Gasteiger partial charge in [0.2, 0.25) is 5.91 Å². The average molecular weight is 287 g/mol. The van der Waals surface area contributed by atoms with E-state index in [2.05, 4.69) is 22.6 Å². The number of amides is 1. The third kappa shape index (κ3) is 2.84. The highest BCUT2D eigenvalue weighted by atomic mass is 127. The third-order valence-corrected chi connectivity index (χ3v) is 1.90. The maximum atomic E-state index is 11.2. The van der Waals surface area contributed by atoms with Crippen LogP contribution in [0.5, 0.6) is 0 Å². The van der Waals surface area contributed by atoms with Gasteiger partial charge in [-0.1, -0.05) is 40.8 Å². The highest BCUT2D eigenvalue weighted by Crippen LogP contribution is 2.14. The van der Waals surface area contributed by atoms with Gasteiger partial charge in [-0.25, -0.2) is 0 Å². The maximum absolute atomic E-state index is 11.2. The molecule has 0 heterocycles. The van der Waals surface area contributed by atoms with E-state index >= 15 is 0 Å². The summed E-state index contributed by atoms with van der Waals surface area (Å²) in [5.74, 6) is 0.0131. The lowest BCUT2D eigenvalue weighted by molar-refractivity contribution is -0.115. The summed E-state index contributed by atoms with van der Waals surface area (Å²) >= 11 is 2.09. The zero-order chi connectivity index (χ0) is 9.68. The number of hydrogen-bond donors (Lipinski definition) is 0. The first-order valence-electron chi connectivity index (χ1n) is 3.87. The molecule has 0 aromatic heterocycles. The number of carbonyl (C=O) groups excluding carboxylic acids is 1.